The van der Waals surface area contributed by atoms with Crippen molar-refractivity contribution in [3.05, 3.63) is 58.5 Å². The van der Waals surface area contributed by atoms with Gasteiger partial charge < -0.3 is 20.2 Å². The fourth-order valence-corrected chi connectivity index (χ4v) is 1.63. The molecule has 1 unspecified atom stereocenters. The minimum atomic E-state index is -0.993. The SMILES string of the molecule is CC(Oc1cccnc1[N+](=O)[O-])C(=O)Nc1ccc(F)cc1. The van der Waals surface area contributed by atoms with Gasteiger partial charge in [-0.25, -0.2) is 4.39 Å². The number of aromatic nitrogens is 1. The minimum Gasteiger partial charge on any atom is -0.473 e. The average Bonchev–Trinajstić information content (AvgIpc) is 2.49. The lowest BCUT2D eigenvalue weighted by Crippen LogP contribution is -2.30. The molecule has 1 aromatic carbocycles. The predicted octanol–water partition coefficient (Wildman–Crippen LogP) is 2.53. The van der Waals surface area contributed by atoms with E-state index in [2.05, 4.69) is 10.3 Å². The lowest BCUT2D eigenvalue weighted by Gasteiger charge is -2.14. The Morgan fingerprint density at radius 2 is 2.05 bits per heavy atom. The highest BCUT2D eigenvalue weighted by Crippen LogP contribution is 2.24. The van der Waals surface area contributed by atoms with Crippen LogP contribution in [0.15, 0.2) is 42.6 Å². The van der Waals surface area contributed by atoms with E-state index in [0.717, 1.165) is 0 Å². The smallest absolute Gasteiger partial charge is 0.406 e. The summed E-state index contributed by atoms with van der Waals surface area (Å²) in [7, 11) is 0. The lowest BCUT2D eigenvalue weighted by atomic mass is 10.3. The van der Waals surface area contributed by atoms with E-state index in [-0.39, 0.29) is 5.75 Å². The van der Waals surface area contributed by atoms with Crippen molar-refractivity contribution >= 4 is 17.4 Å². The number of nitro groups is 1. The number of hydrogen-bond acceptors (Lipinski definition) is 5. The molecular weight excluding hydrogens is 293 g/mol. The van der Waals surface area contributed by atoms with Crippen molar-refractivity contribution < 1.29 is 18.8 Å². The number of carbonyl (C=O) groups excluding carboxylic acids is 1. The van der Waals surface area contributed by atoms with Crippen LogP contribution in [0.1, 0.15) is 6.92 Å². The van der Waals surface area contributed by atoms with Gasteiger partial charge in [0, 0.05) is 5.69 Å². The number of nitrogens with one attached hydrogen (secondary N) is 1. The van der Waals surface area contributed by atoms with E-state index in [4.69, 9.17) is 4.74 Å². The van der Waals surface area contributed by atoms with Gasteiger partial charge in [0.1, 0.15) is 12.0 Å². The number of benzene rings is 1. The lowest BCUT2D eigenvalue weighted by molar-refractivity contribution is -0.390. The van der Waals surface area contributed by atoms with Gasteiger partial charge in [-0.05, 0) is 53.2 Å². The van der Waals surface area contributed by atoms with Crippen LogP contribution in [0.5, 0.6) is 5.75 Å². The number of anilines is 1. The summed E-state index contributed by atoms with van der Waals surface area (Å²) in [5, 5.41) is 13.3. The van der Waals surface area contributed by atoms with Gasteiger partial charge in [0.15, 0.2) is 6.10 Å². The van der Waals surface area contributed by atoms with Crippen molar-refractivity contribution in [2.45, 2.75) is 13.0 Å². The molecule has 1 amide bonds. The molecule has 0 saturated carbocycles. The predicted molar refractivity (Wildman–Crippen MR) is 76.0 cm³/mol. The molecule has 1 heterocycles. The molecule has 8 heteroatoms. The molecule has 0 saturated heterocycles. The second-order valence-corrected chi connectivity index (χ2v) is 4.34. The summed E-state index contributed by atoms with van der Waals surface area (Å²) in [6.07, 6.45) is 0.266. The zero-order chi connectivity index (χ0) is 16.1. The molecule has 2 rings (SSSR count). The van der Waals surface area contributed by atoms with Crippen LogP contribution in [-0.4, -0.2) is 21.9 Å². The van der Waals surface area contributed by atoms with E-state index < -0.39 is 28.6 Å². The van der Waals surface area contributed by atoms with Crippen LogP contribution >= 0.6 is 0 Å². The van der Waals surface area contributed by atoms with E-state index in [9.17, 15) is 19.3 Å². The summed E-state index contributed by atoms with van der Waals surface area (Å²) in [4.78, 5) is 25.7. The Hall–Kier alpha value is -3.03. The number of hydrogen-bond donors (Lipinski definition) is 1. The summed E-state index contributed by atoms with van der Waals surface area (Å²) >= 11 is 0. The quantitative estimate of drug-likeness (QED) is 0.676. The topological polar surface area (TPSA) is 94.4 Å². The standard InChI is InChI=1S/C14H12FN3O4/c1-9(14(19)17-11-6-4-10(15)5-7-11)22-12-3-2-8-16-13(12)18(20)21/h2-9H,1H3,(H,17,19). The zero-order valence-electron chi connectivity index (χ0n) is 11.5. The van der Waals surface area contributed by atoms with Crippen molar-refractivity contribution in [2.24, 2.45) is 0 Å². The number of amides is 1. The molecule has 1 atom stereocenters. The van der Waals surface area contributed by atoms with Gasteiger partial charge in [0.05, 0.1) is 0 Å². The van der Waals surface area contributed by atoms with Crippen molar-refractivity contribution in [1.29, 1.82) is 0 Å². The second kappa shape index (κ2) is 6.61. The van der Waals surface area contributed by atoms with Crippen LogP contribution in [0.3, 0.4) is 0 Å². The molecule has 0 fully saturated rings. The second-order valence-electron chi connectivity index (χ2n) is 4.34. The first kappa shape index (κ1) is 15.4. The number of halogens is 1. The Bertz CT molecular complexity index is 691. The van der Waals surface area contributed by atoms with Crippen molar-refractivity contribution in [3.63, 3.8) is 0 Å². The molecule has 22 heavy (non-hydrogen) atoms. The highest BCUT2D eigenvalue weighted by molar-refractivity contribution is 5.94. The van der Waals surface area contributed by atoms with Gasteiger partial charge in [-0.1, -0.05) is 0 Å². The molecule has 0 aliphatic heterocycles. The molecule has 1 N–H and O–H groups in total. The Kier molecular flexibility index (Phi) is 4.62. The van der Waals surface area contributed by atoms with E-state index in [1.807, 2.05) is 0 Å². The van der Waals surface area contributed by atoms with Gasteiger partial charge in [0.25, 0.3) is 5.91 Å². The summed E-state index contributed by atoms with van der Waals surface area (Å²) in [6, 6.07) is 8.01. The van der Waals surface area contributed by atoms with Crippen LogP contribution in [0.25, 0.3) is 0 Å². The first-order valence-electron chi connectivity index (χ1n) is 6.30. The first-order valence-corrected chi connectivity index (χ1v) is 6.30. The van der Waals surface area contributed by atoms with E-state index in [0.29, 0.717) is 5.69 Å². The van der Waals surface area contributed by atoms with Crippen molar-refractivity contribution in [1.82, 2.24) is 4.98 Å². The van der Waals surface area contributed by atoms with Crippen LogP contribution in [0.2, 0.25) is 0 Å². The third kappa shape index (κ3) is 3.75. The number of pyridine rings is 1. The van der Waals surface area contributed by atoms with Crippen molar-refractivity contribution in [3.8, 4) is 5.75 Å². The highest BCUT2D eigenvalue weighted by atomic mass is 19.1. The summed E-state index contributed by atoms with van der Waals surface area (Å²) in [5.74, 6) is -1.52. The van der Waals surface area contributed by atoms with Crippen LogP contribution in [-0.2, 0) is 4.79 Å². The van der Waals surface area contributed by atoms with Gasteiger partial charge in [-0.2, -0.15) is 0 Å². The van der Waals surface area contributed by atoms with Crippen LogP contribution < -0.4 is 10.1 Å². The third-order valence-electron chi connectivity index (χ3n) is 2.71. The number of carbonyl (C=O) groups is 1. The molecule has 114 valence electrons. The number of nitrogens with zero attached hydrogens (tertiary/aromatic N) is 2. The average molecular weight is 305 g/mol. The zero-order valence-corrected chi connectivity index (χ0v) is 11.5. The Labute approximate surface area is 124 Å². The van der Waals surface area contributed by atoms with Crippen LogP contribution in [0.4, 0.5) is 15.9 Å². The highest BCUT2D eigenvalue weighted by Gasteiger charge is 2.21. The maximum atomic E-state index is 12.8. The molecule has 1 aromatic heterocycles. The van der Waals surface area contributed by atoms with Crippen LogP contribution in [0, 0.1) is 15.9 Å². The minimum absolute atomic E-state index is 0.103. The normalized spacial score (nSPS) is 11.5. The van der Waals surface area contributed by atoms with Gasteiger partial charge in [0.2, 0.25) is 5.75 Å². The molecule has 2 aromatic rings. The summed E-state index contributed by atoms with van der Waals surface area (Å²) < 4.78 is 18.1. The maximum Gasteiger partial charge on any atom is 0.406 e. The molecule has 0 spiro atoms. The summed E-state index contributed by atoms with van der Waals surface area (Å²) in [5.41, 5.74) is 0.391. The van der Waals surface area contributed by atoms with E-state index in [1.54, 1.807) is 0 Å². The number of ether oxygens (including phenoxy) is 1. The first-order chi connectivity index (χ1) is 10.5. The molecular formula is C14H12FN3O4. The van der Waals surface area contributed by atoms with Gasteiger partial charge in [-0.15, -0.1) is 0 Å². The largest absolute Gasteiger partial charge is 0.473 e. The molecule has 7 nitrogen and oxygen atoms in total. The van der Waals surface area contributed by atoms with Gasteiger partial charge in [-0.3, -0.25) is 4.79 Å². The monoisotopic (exact) mass is 305 g/mol. The molecule has 0 aliphatic rings. The summed E-state index contributed by atoms with van der Waals surface area (Å²) in [6.45, 7) is 1.44. The molecule has 0 bridgehead atoms. The van der Waals surface area contributed by atoms with E-state index in [1.165, 1.54) is 49.5 Å². The fraction of sp³-hybridized carbons (Fsp3) is 0.143. The Morgan fingerprint density at radius 3 is 2.68 bits per heavy atom. The maximum absolute atomic E-state index is 12.8. The fourth-order valence-electron chi connectivity index (χ4n) is 1.63. The third-order valence-corrected chi connectivity index (χ3v) is 2.71. The Morgan fingerprint density at radius 1 is 1.36 bits per heavy atom. The molecule has 0 aliphatic carbocycles. The Balaban J connectivity index is 2.05. The van der Waals surface area contributed by atoms with Gasteiger partial charge >= 0.3 is 5.82 Å². The van der Waals surface area contributed by atoms with E-state index >= 15 is 0 Å². The number of rotatable bonds is 5. The molecule has 0 radical (unpaired) electrons. The van der Waals surface area contributed by atoms with Crippen molar-refractivity contribution in [2.75, 3.05) is 5.32 Å².